The maximum atomic E-state index is 12.9. The van der Waals surface area contributed by atoms with Crippen LogP contribution >= 0.6 is 0 Å². The Kier molecular flexibility index (Phi) is 7.87. The van der Waals surface area contributed by atoms with Crippen molar-refractivity contribution in [3.8, 4) is 0 Å². The second kappa shape index (κ2) is 10.6. The standard InChI is InChI=1S/C26H32F3N3O3S/c1-17(2)24-23-21(16-32(24)15-19-3-5-22(6-4-19)26(27,28)29)13-20(14-31-23)25(33)30-10-7-18-8-11-36(34,35)12-9-18/h3-6,13-14,17-18,24H,7-12,15-16H2,1-2H3,(H-,30,33,34,35)/p+1/t24-/m0/s1. The molecule has 0 spiro atoms. The second-order valence-electron chi connectivity index (χ2n) is 10.2. The number of nitrogens with zero attached hydrogens (tertiary/aromatic N) is 2. The maximum absolute atomic E-state index is 12.9. The Hall–Kier alpha value is -2.30. The lowest BCUT2D eigenvalue weighted by atomic mass is 9.98. The van der Waals surface area contributed by atoms with E-state index < -0.39 is 22.0 Å². The van der Waals surface area contributed by atoms with Gasteiger partial charge in [-0.15, -0.1) is 0 Å². The van der Waals surface area contributed by atoms with Crippen LogP contribution in [-0.2, 0) is 33.7 Å². The molecular formula is C26H33F3N3O3S+. The summed E-state index contributed by atoms with van der Waals surface area (Å²) in [5, 5.41) is 2.94. The SMILES string of the molecule is CC(C)[C@H]1c2ncc(C(=O)NCCC3CC[S+](=O)(O)CC3)cc2CN1Cc1ccc(C(F)(F)F)cc1. The third kappa shape index (κ3) is 6.33. The summed E-state index contributed by atoms with van der Waals surface area (Å²) < 4.78 is 60.0. The van der Waals surface area contributed by atoms with Gasteiger partial charge < -0.3 is 5.32 Å². The summed E-state index contributed by atoms with van der Waals surface area (Å²) in [5.41, 5.74) is 2.47. The number of fused-ring (bicyclic) bond motifs is 1. The third-order valence-electron chi connectivity index (χ3n) is 7.14. The zero-order valence-corrected chi connectivity index (χ0v) is 21.4. The molecule has 1 saturated heterocycles. The molecule has 1 fully saturated rings. The van der Waals surface area contributed by atoms with Gasteiger partial charge in [0.2, 0.25) is 10.2 Å². The minimum Gasteiger partial charge on any atom is -0.352 e. The van der Waals surface area contributed by atoms with Gasteiger partial charge in [0, 0.05) is 25.8 Å². The molecule has 2 aliphatic heterocycles. The Morgan fingerprint density at radius 1 is 1.22 bits per heavy atom. The number of halogens is 3. The summed E-state index contributed by atoms with van der Waals surface area (Å²) in [4.78, 5) is 19.6. The van der Waals surface area contributed by atoms with E-state index in [1.54, 1.807) is 6.20 Å². The van der Waals surface area contributed by atoms with Gasteiger partial charge in [0.15, 0.2) is 0 Å². The number of hydrogen-bond donors (Lipinski definition) is 2. The fourth-order valence-electron chi connectivity index (χ4n) is 5.18. The molecule has 196 valence electrons. The number of carbonyl (C=O) groups excluding carboxylic acids is 1. The van der Waals surface area contributed by atoms with Crippen molar-refractivity contribution in [1.82, 2.24) is 15.2 Å². The molecule has 3 heterocycles. The predicted molar refractivity (Wildman–Crippen MR) is 133 cm³/mol. The molecule has 10 heteroatoms. The summed E-state index contributed by atoms with van der Waals surface area (Å²) in [6, 6.07) is 7.12. The van der Waals surface area contributed by atoms with Crippen LogP contribution in [0.3, 0.4) is 0 Å². The lowest BCUT2D eigenvalue weighted by molar-refractivity contribution is -0.137. The Balaban J connectivity index is 1.38. The van der Waals surface area contributed by atoms with Gasteiger partial charge in [-0.2, -0.15) is 17.7 Å². The first-order chi connectivity index (χ1) is 16.9. The predicted octanol–water partition coefficient (Wildman–Crippen LogP) is 5.32. The molecule has 4 rings (SSSR count). The smallest absolute Gasteiger partial charge is 0.352 e. The van der Waals surface area contributed by atoms with Crippen LogP contribution in [-0.4, -0.2) is 38.4 Å². The molecule has 0 saturated carbocycles. The van der Waals surface area contributed by atoms with Gasteiger partial charge in [-0.1, -0.05) is 30.2 Å². The number of benzene rings is 1. The molecule has 0 aliphatic carbocycles. The van der Waals surface area contributed by atoms with E-state index in [9.17, 15) is 26.7 Å². The largest absolute Gasteiger partial charge is 0.416 e. The summed E-state index contributed by atoms with van der Waals surface area (Å²) in [7, 11) is -2.64. The van der Waals surface area contributed by atoms with Crippen LogP contribution in [0.25, 0.3) is 0 Å². The maximum Gasteiger partial charge on any atom is 0.416 e. The average Bonchev–Trinajstić information content (AvgIpc) is 3.17. The minimum atomic E-state index is -4.36. The van der Waals surface area contributed by atoms with Gasteiger partial charge in [-0.05, 0) is 60.4 Å². The number of amides is 1. The van der Waals surface area contributed by atoms with Crippen LogP contribution < -0.4 is 5.32 Å². The number of carbonyl (C=O) groups is 1. The molecule has 36 heavy (non-hydrogen) atoms. The van der Waals surface area contributed by atoms with Crippen LogP contribution in [0.2, 0.25) is 0 Å². The molecule has 0 radical (unpaired) electrons. The van der Waals surface area contributed by atoms with Crippen LogP contribution in [0.5, 0.6) is 0 Å². The van der Waals surface area contributed by atoms with Crippen molar-refractivity contribution in [2.75, 3.05) is 18.1 Å². The monoisotopic (exact) mass is 524 g/mol. The van der Waals surface area contributed by atoms with Crippen LogP contribution in [0.1, 0.15) is 71.9 Å². The topological polar surface area (TPSA) is 82.5 Å². The normalized spacial score (nSPS) is 24.6. The number of rotatable bonds is 7. The van der Waals surface area contributed by atoms with Crippen molar-refractivity contribution >= 4 is 16.1 Å². The fraction of sp³-hybridized carbons (Fsp3) is 0.538. The number of pyridine rings is 1. The van der Waals surface area contributed by atoms with Crippen molar-refractivity contribution in [3.63, 3.8) is 0 Å². The Morgan fingerprint density at radius 2 is 1.89 bits per heavy atom. The first kappa shape index (κ1) is 26.8. The number of nitrogens with one attached hydrogen (secondary N) is 1. The molecule has 2 aromatic rings. The first-order valence-corrected chi connectivity index (χ1v) is 14.2. The molecule has 6 nitrogen and oxygen atoms in total. The van der Waals surface area contributed by atoms with E-state index in [0.717, 1.165) is 35.4 Å². The van der Waals surface area contributed by atoms with Crippen molar-refractivity contribution in [3.05, 3.63) is 64.5 Å². The molecule has 1 amide bonds. The zero-order valence-electron chi connectivity index (χ0n) is 20.6. The second-order valence-corrected chi connectivity index (χ2v) is 12.6. The van der Waals surface area contributed by atoms with E-state index in [-0.39, 0.29) is 17.9 Å². The van der Waals surface area contributed by atoms with E-state index in [0.29, 0.717) is 55.5 Å². The Morgan fingerprint density at radius 3 is 2.50 bits per heavy atom. The molecule has 1 aromatic heterocycles. The van der Waals surface area contributed by atoms with Gasteiger partial charge in [0.1, 0.15) is 11.5 Å². The van der Waals surface area contributed by atoms with Gasteiger partial charge in [-0.3, -0.25) is 14.7 Å². The summed E-state index contributed by atoms with van der Waals surface area (Å²) in [6.45, 7) is 5.72. The highest BCUT2D eigenvalue weighted by atomic mass is 32.3. The lowest BCUT2D eigenvalue weighted by Crippen LogP contribution is -2.31. The van der Waals surface area contributed by atoms with Crippen molar-refractivity contribution in [2.45, 2.75) is 58.4 Å². The van der Waals surface area contributed by atoms with E-state index >= 15 is 0 Å². The van der Waals surface area contributed by atoms with Crippen LogP contribution in [0.4, 0.5) is 13.2 Å². The number of aromatic nitrogens is 1. The molecular weight excluding hydrogens is 491 g/mol. The van der Waals surface area contributed by atoms with Crippen LogP contribution in [0.15, 0.2) is 36.5 Å². The number of alkyl halides is 3. The van der Waals surface area contributed by atoms with Crippen molar-refractivity contribution in [2.24, 2.45) is 11.8 Å². The van der Waals surface area contributed by atoms with E-state index in [1.165, 1.54) is 12.1 Å². The summed E-state index contributed by atoms with van der Waals surface area (Å²) in [6.07, 6.45) is -0.583. The van der Waals surface area contributed by atoms with E-state index in [4.69, 9.17) is 0 Å². The molecule has 2 N–H and O–H groups in total. The Labute approximate surface area is 210 Å². The van der Waals surface area contributed by atoms with Gasteiger partial charge >= 0.3 is 6.18 Å². The molecule has 1 atom stereocenters. The lowest BCUT2D eigenvalue weighted by Gasteiger charge is -2.27. The highest BCUT2D eigenvalue weighted by Gasteiger charge is 2.35. The summed E-state index contributed by atoms with van der Waals surface area (Å²) >= 11 is 0. The molecule has 0 unspecified atom stereocenters. The fourth-order valence-corrected chi connectivity index (χ4v) is 6.79. The van der Waals surface area contributed by atoms with Crippen molar-refractivity contribution < 1.29 is 26.7 Å². The summed E-state index contributed by atoms with van der Waals surface area (Å²) in [5.74, 6) is 1.04. The molecule has 0 bridgehead atoms. The highest BCUT2D eigenvalue weighted by Crippen LogP contribution is 2.39. The number of hydrogen-bond acceptors (Lipinski definition) is 4. The van der Waals surface area contributed by atoms with Crippen molar-refractivity contribution in [1.29, 1.82) is 0 Å². The van der Waals surface area contributed by atoms with E-state index in [1.807, 2.05) is 6.07 Å². The van der Waals surface area contributed by atoms with Crippen LogP contribution in [0, 0.1) is 11.8 Å². The third-order valence-corrected chi connectivity index (χ3v) is 8.88. The average molecular weight is 525 g/mol. The highest BCUT2D eigenvalue weighted by molar-refractivity contribution is 7.97. The Bertz CT molecular complexity index is 1130. The van der Waals surface area contributed by atoms with E-state index in [2.05, 4.69) is 29.0 Å². The quantitative estimate of drug-likeness (QED) is 0.480. The molecule has 1 aromatic carbocycles. The molecule has 2 aliphatic rings. The van der Waals surface area contributed by atoms with Gasteiger partial charge in [0.25, 0.3) is 5.91 Å². The zero-order chi connectivity index (χ0) is 26.1. The minimum absolute atomic E-state index is 0.00694. The van der Waals surface area contributed by atoms with Gasteiger partial charge in [0.05, 0.1) is 22.9 Å². The van der Waals surface area contributed by atoms with Gasteiger partial charge in [-0.25, -0.2) is 0 Å². The first-order valence-electron chi connectivity index (χ1n) is 12.3.